The van der Waals surface area contributed by atoms with E-state index in [1.54, 1.807) is 6.08 Å². The Balaban J connectivity index is 2.59. The van der Waals surface area contributed by atoms with Crippen molar-refractivity contribution in [3.05, 3.63) is 48.0 Å². The molecular weight excluding hydrogens is 200 g/mol. The average Bonchev–Trinajstić information content (AvgIpc) is 2.34. The molecule has 1 rings (SSSR count). The second kappa shape index (κ2) is 6.83. The van der Waals surface area contributed by atoms with Crippen molar-refractivity contribution in [2.75, 3.05) is 0 Å². The van der Waals surface area contributed by atoms with Crippen LogP contribution in [0.4, 0.5) is 0 Å². The predicted molar refractivity (Wildman–Crippen MR) is 65.0 cm³/mol. The van der Waals surface area contributed by atoms with E-state index in [0.29, 0.717) is 6.42 Å². The SMILES string of the molecule is C/C=C/CC(=O)OC(CC)c1ccccc1. The molecular formula is C14H18O2. The number of hydrogen-bond donors (Lipinski definition) is 0. The van der Waals surface area contributed by atoms with Crippen LogP contribution in [0, 0.1) is 0 Å². The summed E-state index contributed by atoms with van der Waals surface area (Å²) >= 11 is 0. The van der Waals surface area contributed by atoms with Gasteiger partial charge in [0.05, 0.1) is 6.42 Å². The van der Waals surface area contributed by atoms with Crippen LogP contribution in [0.5, 0.6) is 0 Å². The van der Waals surface area contributed by atoms with Gasteiger partial charge in [-0.25, -0.2) is 0 Å². The van der Waals surface area contributed by atoms with Gasteiger partial charge >= 0.3 is 5.97 Å². The Labute approximate surface area is 96.9 Å². The molecule has 0 amide bonds. The smallest absolute Gasteiger partial charge is 0.310 e. The molecule has 0 aliphatic heterocycles. The number of hydrogen-bond acceptors (Lipinski definition) is 2. The van der Waals surface area contributed by atoms with E-state index >= 15 is 0 Å². The standard InChI is InChI=1S/C14H18O2/c1-3-5-11-14(15)16-13(4-2)12-9-7-6-8-10-12/h3,5-10,13H,4,11H2,1-2H3/b5-3+. The van der Waals surface area contributed by atoms with Crippen molar-refractivity contribution in [3.8, 4) is 0 Å². The molecule has 0 radical (unpaired) electrons. The molecule has 0 bridgehead atoms. The highest BCUT2D eigenvalue weighted by atomic mass is 16.5. The minimum Gasteiger partial charge on any atom is -0.457 e. The Bertz CT molecular complexity index is 341. The molecule has 1 atom stereocenters. The minimum absolute atomic E-state index is 0.126. The van der Waals surface area contributed by atoms with E-state index in [1.165, 1.54) is 0 Å². The van der Waals surface area contributed by atoms with Gasteiger partial charge in [0.15, 0.2) is 0 Å². The van der Waals surface area contributed by atoms with Crippen LogP contribution < -0.4 is 0 Å². The zero-order valence-electron chi connectivity index (χ0n) is 9.85. The molecule has 0 saturated carbocycles. The molecule has 2 heteroatoms. The highest BCUT2D eigenvalue weighted by Gasteiger charge is 2.13. The Hall–Kier alpha value is -1.57. The quantitative estimate of drug-likeness (QED) is 0.557. The van der Waals surface area contributed by atoms with Crippen LogP contribution in [-0.2, 0) is 9.53 Å². The summed E-state index contributed by atoms with van der Waals surface area (Å²) in [6.07, 6.45) is 4.68. The first kappa shape index (κ1) is 12.5. The van der Waals surface area contributed by atoms with Gasteiger partial charge in [0, 0.05) is 0 Å². The van der Waals surface area contributed by atoms with Crippen molar-refractivity contribution in [1.82, 2.24) is 0 Å². The third kappa shape index (κ3) is 3.89. The van der Waals surface area contributed by atoms with Crippen LogP contribution in [0.3, 0.4) is 0 Å². The molecule has 0 saturated heterocycles. The first-order valence-corrected chi connectivity index (χ1v) is 5.63. The maximum atomic E-state index is 11.5. The topological polar surface area (TPSA) is 26.3 Å². The fraction of sp³-hybridized carbons (Fsp3) is 0.357. The Kier molecular flexibility index (Phi) is 5.34. The molecule has 0 heterocycles. The van der Waals surface area contributed by atoms with Gasteiger partial charge in [0.1, 0.15) is 6.10 Å². The third-order valence-electron chi connectivity index (χ3n) is 2.34. The lowest BCUT2D eigenvalue weighted by Gasteiger charge is -2.15. The van der Waals surface area contributed by atoms with Crippen LogP contribution in [0.25, 0.3) is 0 Å². The molecule has 1 aromatic carbocycles. The minimum atomic E-state index is -0.172. The van der Waals surface area contributed by atoms with Crippen LogP contribution in [0.2, 0.25) is 0 Å². The van der Waals surface area contributed by atoms with Gasteiger partial charge in [-0.05, 0) is 18.9 Å². The molecule has 2 nitrogen and oxygen atoms in total. The van der Waals surface area contributed by atoms with Gasteiger partial charge in [-0.2, -0.15) is 0 Å². The van der Waals surface area contributed by atoms with Gasteiger partial charge in [0.25, 0.3) is 0 Å². The molecule has 0 N–H and O–H groups in total. The lowest BCUT2D eigenvalue weighted by molar-refractivity contribution is -0.148. The van der Waals surface area contributed by atoms with Gasteiger partial charge in [-0.15, -0.1) is 0 Å². The maximum Gasteiger partial charge on any atom is 0.310 e. The van der Waals surface area contributed by atoms with E-state index in [2.05, 4.69) is 0 Å². The molecule has 0 spiro atoms. The van der Waals surface area contributed by atoms with Gasteiger partial charge in [-0.3, -0.25) is 4.79 Å². The third-order valence-corrected chi connectivity index (χ3v) is 2.34. The van der Waals surface area contributed by atoms with Crippen molar-refractivity contribution in [2.24, 2.45) is 0 Å². The summed E-state index contributed by atoms with van der Waals surface area (Å²) in [5, 5.41) is 0. The van der Waals surface area contributed by atoms with Crippen LogP contribution in [-0.4, -0.2) is 5.97 Å². The summed E-state index contributed by atoms with van der Waals surface area (Å²) < 4.78 is 5.40. The number of rotatable bonds is 5. The lowest BCUT2D eigenvalue weighted by atomic mass is 10.1. The normalized spacial score (nSPS) is 12.6. The van der Waals surface area contributed by atoms with Crippen molar-refractivity contribution in [1.29, 1.82) is 0 Å². The fourth-order valence-corrected chi connectivity index (χ4v) is 1.48. The molecule has 0 aliphatic rings. The van der Waals surface area contributed by atoms with E-state index in [9.17, 15) is 4.79 Å². The highest BCUT2D eigenvalue weighted by Crippen LogP contribution is 2.21. The van der Waals surface area contributed by atoms with E-state index in [0.717, 1.165) is 12.0 Å². The van der Waals surface area contributed by atoms with Crippen molar-refractivity contribution in [2.45, 2.75) is 32.8 Å². The lowest BCUT2D eigenvalue weighted by Crippen LogP contribution is -2.09. The van der Waals surface area contributed by atoms with Crippen molar-refractivity contribution < 1.29 is 9.53 Å². The fourth-order valence-electron chi connectivity index (χ4n) is 1.48. The zero-order chi connectivity index (χ0) is 11.8. The van der Waals surface area contributed by atoms with Crippen molar-refractivity contribution >= 4 is 5.97 Å². The molecule has 0 aromatic heterocycles. The average molecular weight is 218 g/mol. The molecule has 0 aliphatic carbocycles. The number of ether oxygens (including phenoxy) is 1. The highest BCUT2D eigenvalue weighted by molar-refractivity contribution is 5.71. The summed E-state index contributed by atoms with van der Waals surface area (Å²) in [5.41, 5.74) is 1.05. The molecule has 86 valence electrons. The van der Waals surface area contributed by atoms with Crippen LogP contribution in [0.1, 0.15) is 38.4 Å². The summed E-state index contributed by atoms with van der Waals surface area (Å²) in [6.45, 7) is 3.91. The molecule has 1 unspecified atom stereocenters. The first-order valence-electron chi connectivity index (χ1n) is 5.63. The second-order valence-corrected chi connectivity index (χ2v) is 3.57. The maximum absolute atomic E-state index is 11.5. The predicted octanol–water partition coefficient (Wildman–Crippen LogP) is 3.65. The molecule has 1 aromatic rings. The van der Waals surface area contributed by atoms with E-state index in [-0.39, 0.29) is 12.1 Å². The Morgan fingerprint density at radius 3 is 2.62 bits per heavy atom. The number of allylic oxidation sites excluding steroid dienone is 1. The largest absolute Gasteiger partial charge is 0.457 e. The Morgan fingerprint density at radius 1 is 1.38 bits per heavy atom. The van der Waals surface area contributed by atoms with Gasteiger partial charge in [-0.1, -0.05) is 49.4 Å². The van der Waals surface area contributed by atoms with Crippen LogP contribution in [0.15, 0.2) is 42.5 Å². The summed E-state index contributed by atoms with van der Waals surface area (Å²) in [5.74, 6) is -0.172. The summed E-state index contributed by atoms with van der Waals surface area (Å²) in [4.78, 5) is 11.5. The monoisotopic (exact) mass is 218 g/mol. The zero-order valence-corrected chi connectivity index (χ0v) is 9.85. The molecule has 0 fully saturated rings. The van der Waals surface area contributed by atoms with E-state index < -0.39 is 0 Å². The van der Waals surface area contributed by atoms with Gasteiger partial charge in [0.2, 0.25) is 0 Å². The number of benzene rings is 1. The second-order valence-electron chi connectivity index (χ2n) is 3.57. The number of carbonyl (C=O) groups excluding carboxylic acids is 1. The first-order chi connectivity index (χ1) is 7.77. The van der Waals surface area contributed by atoms with E-state index in [4.69, 9.17) is 4.74 Å². The number of esters is 1. The van der Waals surface area contributed by atoms with E-state index in [1.807, 2.05) is 50.3 Å². The van der Waals surface area contributed by atoms with Gasteiger partial charge < -0.3 is 4.74 Å². The van der Waals surface area contributed by atoms with Crippen LogP contribution >= 0.6 is 0 Å². The molecule has 16 heavy (non-hydrogen) atoms. The summed E-state index contributed by atoms with van der Waals surface area (Å²) in [7, 11) is 0. The van der Waals surface area contributed by atoms with Crippen molar-refractivity contribution in [3.63, 3.8) is 0 Å². The summed E-state index contributed by atoms with van der Waals surface area (Å²) in [6, 6.07) is 9.83. The Morgan fingerprint density at radius 2 is 2.06 bits per heavy atom. The number of carbonyl (C=O) groups is 1.